The second kappa shape index (κ2) is 8.77. The molecule has 0 amide bonds. The van der Waals surface area contributed by atoms with Gasteiger partial charge in [0, 0.05) is 5.75 Å². The average Bonchev–Trinajstić information content (AvgIpc) is 2.32. The van der Waals surface area contributed by atoms with Crippen LogP contribution in [0.3, 0.4) is 0 Å². The van der Waals surface area contributed by atoms with Gasteiger partial charge >= 0.3 is 5.97 Å². The molecule has 0 saturated carbocycles. The topological polar surface area (TPSA) is 86.5 Å². The van der Waals surface area contributed by atoms with E-state index in [0.717, 1.165) is 11.5 Å². The summed E-state index contributed by atoms with van der Waals surface area (Å²) in [4.78, 5) is 11.0. The molecule has 0 spiro atoms. The number of sulfone groups is 1. The van der Waals surface area contributed by atoms with Crippen molar-refractivity contribution in [3.05, 3.63) is 0 Å². The molecule has 0 saturated heterocycles. The molecule has 0 aliphatic rings. The molecule has 0 fully saturated rings. The Labute approximate surface area is 107 Å². The van der Waals surface area contributed by atoms with Crippen molar-refractivity contribution in [3.63, 3.8) is 0 Å². The molecule has 0 aliphatic carbocycles. The molecule has 5 nitrogen and oxygen atoms in total. The third-order valence-corrected chi connectivity index (χ3v) is 5.15. The van der Waals surface area contributed by atoms with Gasteiger partial charge in [0.15, 0.2) is 0 Å². The quantitative estimate of drug-likeness (QED) is 0.488. The summed E-state index contributed by atoms with van der Waals surface area (Å²) in [6, 6.07) is -0.577. The van der Waals surface area contributed by atoms with Crippen molar-refractivity contribution < 1.29 is 17.9 Å². The Morgan fingerprint density at radius 2 is 2.06 bits per heavy atom. The molecule has 1 unspecified atom stereocenters. The second-order valence-corrected chi connectivity index (χ2v) is 7.32. The zero-order valence-corrected chi connectivity index (χ0v) is 12.0. The summed E-state index contributed by atoms with van der Waals surface area (Å²) in [6.45, 7) is 1.65. The minimum Gasteiger partial charge on any atom is -0.468 e. The summed E-state index contributed by atoms with van der Waals surface area (Å²) >= 11 is 1.61. The van der Waals surface area contributed by atoms with E-state index in [1.807, 2.05) is 0 Å². The first-order valence-corrected chi connectivity index (χ1v) is 8.52. The van der Waals surface area contributed by atoms with Gasteiger partial charge in [-0.15, -0.1) is 0 Å². The van der Waals surface area contributed by atoms with Crippen molar-refractivity contribution in [1.82, 2.24) is 0 Å². The Morgan fingerprint density at radius 3 is 2.59 bits per heavy atom. The van der Waals surface area contributed by atoms with Crippen molar-refractivity contribution in [2.75, 3.05) is 30.1 Å². The highest BCUT2D eigenvalue weighted by Gasteiger charge is 2.12. The third-order valence-electron chi connectivity index (χ3n) is 2.26. The Balaban J connectivity index is 3.51. The van der Waals surface area contributed by atoms with Crippen LogP contribution >= 0.6 is 11.8 Å². The molecule has 0 rings (SSSR count). The Kier molecular flexibility index (Phi) is 8.63. The number of hydrogen-bond donors (Lipinski definition) is 1. The van der Waals surface area contributed by atoms with Crippen LogP contribution in [0.2, 0.25) is 0 Å². The highest BCUT2D eigenvalue weighted by Crippen LogP contribution is 2.07. The summed E-state index contributed by atoms with van der Waals surface area (Å²) in [6.07, 6.45) is 1.20. The number of methoxy groups -OCH3 is 1. The van der Waals surface area contributed by atoms with E-state index in [2.05, 4.69) is 4.74 Å². The molecule has 0 aliphatic heterocycles. The first-order valence-electron chi connectivity index (χ1n) is 5.54. The molecule has 0 bridgehead atoms. The van der Waals surface area contributed by atoms with E-state index >= 15 is 0 Å². The smallest absolute Gasteiger partial charge is 0.322 e. The third kappa shape index (κ3) is 8.45. The van der Waals surface area contributed by atoms with Crippen LogP contribution < -0.4 is 5.73 Å². The lowest BCUT2D eigenvalue weighted by Gasteiger charge is -2.08. The van der Waals surface area contributed by atoms with E-state index < -0.39 is 21.8 Å². The summed E-state index contributed by atoms with van der Waals surface area (Å²) < 4.78 is 26.9. The maximum absolute atomic E-state index is 11.2. The zero-order valence-electron chi connectivity index (χ0n) is 10.3. The van der Waals surface area contributed by atoms with E-state index in [0.29, 0.717) is 12.8 Å². The van der Waals surface area contributed by atoms with Gasteiger partial charge in [-0.1, -0.05) is 6.92 Å². The zero-order chi connectivity index (χ0) is 13.3. The van der Waals surface area contributed by atoms with Gasteiger partial charge in [-0.3, -0.25) is 4.79 Å². The number of carbonyl (C=O) groups excluding carboxylic acids is 1. The fraction of sp³-hybridized carbons (Fsp3) is 0.900. The average molecular weight is 283 g/mol. The number of thioether (sulfide) groups is 1. The van der Waals surface area contributed by atoms with Crippen molar-refractivity contribution >= 4 is 27.6 Å². The maximum Gasteiger partial charge on any atom is 0.322 e. The number of esters is 1. The van der Waals surface area contributed by atoms with Crippen molar-refractivity contribution in [2.24, 2.45) is 5.73 Å². The van der Waals surface area contributed by atoms with Crippen LogP contribution in [0.25, 0.3) is 0 Å². The molecule has 0 heterocycles. The van der Waals surface area contributed by atoms with Gasteiger partial charge in [-0.05, 0) is 24.3 Å². The molecule has 0 aromatic heterocycles. The van der Waals surface area contributed by atoms with Gasteiger partial charge in [0.05, 0.1) is 12.9 Å². The molecule has 0 aromatic rings. The lowest BCUT2D eigenvalue weighted by atomic mass is 10.2. The van der Waals surface area contributed by atoms with Crippen molar-refractivity contribution in [3.8, 4) is 0 Å². The number of carbonyl (C=O) groups is 1. The Hall–Kier alpha value is -0.270. The maximum atomic E-state index is 11.2. The fourth-order valence-electron chi connectivity index (χ4n) is 1.11. The number of ether oxygens (including phenoxy) is 1. The molecule has 1 atom stereocenters. The monoisotopic (exact) mass is 283 g/mol. The number of rotatable bonds is 9. The minimum absolute atomic E-state index is 0.199. The molecule has 0 aromatic carbocycles. The molecule has 0 radical (unpaired) electrons. The molecule has 2 N–H and O–H groups in total. The normalized spacial score (nSPS) is 13.4. The predicted molar refractivity (Wildman–Crippen MR) is 70.9 cm³/mol. The number of hydrogen-bond acceptors (Lipinski definition) is 6. The van der Waals surface area contributed by atoms with Crippen LogP contribution in [0.1, 0.15) is 19.8 Å². The predicted octanol–water partition coefficient (Wildman–Crippen LogP) is 0.435. The van der Waals surface area contributed by atoms with Crippen LogP contribution in [0.4, 0.5) is 0 Å². The fourth-order valence-corrected chi connectivity index (χ4v) is 3.14. The molecule has 102 valence electrons. The lowest BCUT2D eigenvalue weighted by Crippen LogP contribution is -2.32. The van der Waals surface area contributed by atoms with Crippen LogP contribution in [0.5, 0.6) is 0 Å². The second-order valence-electron chi connectivity index (χ2n) is 3.62. The van der Waals surface area contributed by atoms with Crippen molar-refractivity contribution in [1.29, 1.82) is 0 Å². The molecule has 7 heteroatoms. The van der Waals surface area contributed by atoms with Crippen LogP contribution in [-0.2, 0) is 19.4 Å². The van der Waals surface area contributed by atoms with E-state index in [1.165, 1.54) is 7.11 Å². The van der Waals surface area contributed by atoms with Gasteiger partial charge < -0.3 is 10.5 Å². The minimum atomic E-state index is -2.85. The van der Waals surface area contributed by atoms with Gasteiger partial charge in [-0.25, -0.2) is 8.42 Å². The first kappa shape index (κ1) is 16.7. The summed E-state index contributed by atoms with van der Waals surface area (Å²) in [5.41, 5.74) is 5.55. The summed E-state index contributed by atoms with van der Waals surface area (Å²) in [7, 11) is -1.54. The molecular weight excluding hydrogens is 262 g/mol. The first-order chi connectivity index (χ1) is 7.93. The van der Waals surface area contributed by atoms with Crippen LogP contribution in [-0.4, -0.2) is 50.6 Å². The van der Waals surface area contributed by atoms with Crippen molar-refractivity contribution in [2.45, 2.75) is 25.8 Å². The van der Waals surface area contributed by atoms with Crippen LogP contribution in [0, 0.1) is 0 Å². The van der Waals surface area contributed by atoms with Gasteiger partial charge in [0.1, 0.15) is 15.9 Å². The summed E-state index contributed by atoms with van der Waals surface area (Å²) in [5.74, 6) is 1.54. The van der Waals surface area contributed by atoms with E-state index in [-0.39, 0.29) is 11.5 Å². The SMILES string of the molecule is CCS(=O)(=O)CCCSCCC(N)C(=O)OC. The Bertz CT molecular complexity index is 316. The lowest BCUT2D eigenvalue weighted by molar-refractivity contribution is -0.142. The van der Waals surface area contributed by atoms with E-state index in [9.17, 15) is 13.2 Å². The largest absolute Gasteiger partial charge is 0.468 e. The van der Waals surface area contributed by atoms with Gasteiger partial charge in [0.2, 0.25) is 0 Å². The van der Waals surface area contributed by atoms with E-state index in [1.54, 1.807) is 18.7 Å². The highest BCUT2D eigenvalue weighted by molar-refractivity contribution is 7.99. The van der Waals surface area contributed by atoms with Gasteiger partial charge in [-0.2, -0.15) is 11.8 Å². The molecular formula is C10H21NO4S2. The summed E-state index contributed by atoms with van der Waals surface area (Å²) in [5, 5.41) is 0. The molecule has 17 heavy (non-hydrogen) atoms. The number of nitrogens with two attached hydrogens (primary N) is 1. The van der Waals surface area contributed by atoms with E-state index in [4.69, 9.17) is 5.73 Å². The Morgan fingerprint density at radius 1 is 1.41 bits per heavy atom. The highest BCUT2D eigenvalue weighted by atomic mass is 32.2. The van der Waals surface area contributed by atoms with Gasteiger partial charge in [0.25, 0.3) is 0 Å². The standard InChI is InChI=1S/C10H21NO4S2/c1-3-17(13,14)8-4-6-16-7-5-9(11)10(12)15-2/h9H,3-8,11H2,1-2H3. The van der Waals surface area contributed by atoms with Crippen LogP contribution in [0.15, 0.2) is 0 Å².